The van der Waals surface area contributed by atoms with E-state index in [-0.39, 0.29) is 22.0 Å². The van der Waals surface area contributed by atoms with Crippen LogP contribution in [0.3, 0.4) is 0 Å². The van der Waals surface area contributed by atoms with Gasteiger partial charge < -0.3 is 9.73 Å². The lowest BCUT2D eigenvalue weighted by Gasteiger charge is -2.16. The van der Waals surface area contributed by atoms with Crippen LogP contribution in [-0.2, 0) is 10.0 Å². The molecular formula is C21H19FN2O4S. The maximum absolute atomic E-state index is 13.9. The van der Waals surface area contributed by atoms with E-state index in [2.05, 4.69) is 5.32 Å². The smallest absolute Gasteiger partial charge is 0.291 e. The topological polar surface area (TPSA) is 79.6 Å². The van der Waals surface area contributed by atoms with E-state index in [0.29, 0.717) is 18.8 Å². The second kappa shape index (κ2) is 7.81. The van der Waals surface area contributed by atoms with Crippen molar-refractivity contribution in [3.05, 3.63) is 72.2 Å². The van der Waals surface area contributed by atoms with E-state index in [0.717, 1.165) is 12.8 Å². The molecule has 1 aliphatic rings. The minimum atomic E-state index is -3.58. The highest BCUT2D eigenvalue weighted by Gasteiger charge is 2.27. The first kappa shape index (κ1) is 19.4. The zero-order chi connectivity index (χ0) is 20.4. The highest BCUT2D eigenvalue weighted by atomic mass is 32.2. The molecule has 0 saturated carbocycles. The molecule has 1 fully saturated rings. The van der Waals surface area contributed by atoms with Gasteiger partial charge in [-0.25, -0.2) is 12.8 Å². The number of rotatable bonds is 5. The summed E-state index contributed by atoms with van der Waals surface area (Å²) < 4.78 is 46.2. The number of furan rings is 1. The fourth-order valence-corrected chi connectivity index (χ4v) is 4.83. The van der Waals surface area contributed by atoms with Crippen molar-refractivity contribution in [2.75, 3.05) is 18.4 Å². The molecule has 2 aromatic carbocycles. The van der Waals surface area contributed by atoms with Crippen LogP contribution in [0, 0.1) is 5.82 Å². The number of nitrogens with one attached hydrogen (secondary N) is 1. The summed E-state index contributed by atoms with van der Waals surface area (Å²) in [4.78, 5) is 12.6. The molecule has 2 heterocycles. The summed E-state index contributed by atoms with van der Waals surface area (Å²) >= 11 is 0. The Morgan fingerprint density at radius 3 is 2.52 bits per heavy atom. The quantitative estimate of drug-likeness (QED) is 0.681. The Kier molecular flexibility index (Phi) is 5.21. The van der Waals surface area contributed by atoms with E-state index in [1.54, 1.807) is 30.3 Å². The van der Waals surface area contributed by atoms with Gasteiger partial charge >= 0.3 is 0 Å². The lowest BCUT2D eigenvalue weighted by molar-refractivity contribution is 0.0997. The van der Waals surface area contributed by atoms with Crippen LogP contribution in [0.4, 0.5) is 10.1 Å². The minimum absolute atomic E-state index is 0.00365. The summed E-state index contributed by atoms with van der Waals surface area (Å²) in [6.45, 7) is 1.01. The highest BCUT2D eigenvalue weighted by molar-refractivity contribution is 7.89. The van der Waals surface area contributed by atoms with Gasteiger partial charge in [0.25, 0.3) is 5.91 Å². The molecule has 6 nitrogen and oxygen atoms in total. The first-order chi connectivity index (χ1) is 13.9. The third kappa shape index (κ3) is 3.94. The molecule has 0 atom stereocenters. The van der Waals surface area contributed by atoms with Gasteiger partial charge in [0, 0.05) is 18.8 Å². The van der Waals surface area contributed by atoms with Gasteiger partial charge in [-0.2, -0.15) is 4.31 Å². The summed E-state index contributed by atoms with van der Waals surface area (Å²) in [5.74, 6) is -0.772. The van der Waals surface area contributed by atoms with Crippen molar-refractivity contribution in [2.24, 2.45) is 0 Å². The summed E-state index contributed by atoms with van der Waals surface area (Å²) in [7, 11) is -3.58. The first-order valence-electron chi connectivity index (χ1n) is 9.21. The molecule has 0 unspecified atom stereocenters. The van der Waals surface area contributed by atoms with Crippen molar-refractivity contribution < 1.29 is 22.0 Å². The fourth-order valence-electron chi connectivity index (χ4n) is 3.27. The van der Waals surface area contributed by atoms with Gasteiger partial charge in [-0.1, -0.05) is 18.2 Å². The molecule has 0 bridgehead atoms. The summed E-state index contributed by atoms with van der Waals surface area (Å²) in [6.07, 6.45) is 1.69. The number of nitrogens with zero attached hydrogens (tertiary/aromatic N) is 1. The highest BCUT2D eigenvalue weighted by Crippen LogP contribution is 2.26. The average molecular weight is 414 g/mol. The van der Waals surface area contributed by atoms with Crippen molar-refractivity contribution in [3.8, 4) is 11.3 Å². The van der Waals surface area contributed by atoms with Crippen LogP contribution in [0.5, 0.6) is 0 Å². The number of amides is 1. The van der Waals surface area contributed by atoms with Gasteiger partial charge in [0.2, 0.25) is 10.0 Å². The Balaban J connectivity index is 1.53. The van der Waals surface area contributed by atoms with Crippen LogP contribution in [0.2, 0.25) is 0 Å². The van der Waals surface area contributed by atoms with Crippen LogP contribution in [-0.4, -0.2) is 31.7 Å². The van der Waals surface area contributed by atoms with Crippen molar-refractivity contribution in [1.29, 1.82) is 0 Å². The van der Waals surface area contributed by atoms with Gasteiger partial charge in [-0.15, -0.1) is 0 Å². The SMILES string of the molecule is O=C(Nc1cccc(S(=O)(=O)N2CCCC2)c1)c1ccc(-c2ccccc2F)o1. The number of hydrogen-bond donors (Lipinski definition) is 1. The second-order valence-electron chi connectivity index (χ2n) is 6.74. The van der Waals surface area contributed by atoms with E-state index < -0.39 is 21.7 Å². The molecule has 0 spiro atoms. The molecule has 8 heteroatoms. The van der Waals surface area contributed by atoms with Crippen LogP contribution >= 0.6 is 0 Å². The van der Waals surface area contributed by atoms with E-state index >= 15 is 0 Å². The normalized spacial score (nSPS) is 14.8. The molecule has 1 saturated heterocycles. The zero-order valence-corrected chi connectivity index (χ0v) is 16.3. The molecule has 1 N–H and O–H groups in total. The van der Waals surface area contributed by atoms with Gasteiger partial charge in [0.15, 0.2) is 5.76 Å². The molecular weight excluding hydrogens is 395 g/mol. The van der Waals surface area contributed by atoms with Crippen molar-refractivity contribution in [3.63, 3.8) is 0 Å². The predicted octanol–water partition coefficient (Wildman–Crippen LogP) is 4.12. The molecule has 0 radical (unpaired) electrons. The van der Waals surface area contributed by atoms with E-state index in [1.165, 1.54) is 34.6 Å². The predicted molar refractivity (Wildman–Crippen MR) is 106 cm³/mol. The van der Waals surface area contributed by atoms with E-state index in [4.69, 9.17) is 4.42 Å². The third-order valence-corrected chi connectivity index (χ3v) is 6.66. The third-order valence-electron chi connectivity index (χ3n) is 4.76. The van der Waals surface area contributed by atoms with Gasteiger partial charge in [-0.3, -0.25) is 4.79 Å². The molecule has 1 aliphatic heterocycles. The number of sulfonamides is 1. The number of carbonyl (C=O) groups is 1. The molecule has 1 amide bonds. The Labute approximate surface area is 168 Å². The molecule has 150 valence electrons. The van der Waals surface area contributed by atoms with Crippen molar-refractivity contribution in [2.45, 2.75) is 17.7 Å². The number of anilines is 1. The second-order valence-corrected chi connectivity index (χ2v) is 8.67. The van der Waals surface area contributed by atoms with E-state index in [9.17, 15) is 17.6 Å². The standard InChI is InChI=1S/C21H19FN2O4S/c22-18-9-2-1-8-17(18)19-10-11-20(28-19)21(25)23-15-6-5-7-16(14-15)29(26,27)24-12-3-4-13-24/h1-2,5-11,14H,3-4,12-13H2,(H,23,25). The molecule has 3 aromatic rings. The number of carbonyl (C=O) groups excluding carboxylic acids is 1. The Morgan fingerprint density at radius 1 is 1.00 bits per heavy atom. The number of benzene rings is 2. The Morgan fingerprint density at radius 2 is 1.76 bits per heavy atom. The monoisotopic (exact) mass is 414 g/mol. The molecule has 0 aliphatic carbocycles. The number of hydrogen-bond acceptors (Lipinski definition) is 4. The Bertz CT molecular complexity index is 1150. The molecule has 1 aromatic heterocycles. The molecule has 29 heavy (non-hydrogen) atoms. The van der Waals surface area contributed by atoms with E-state index in [1.807, 2.05) is 0 Å². The largest absolute Gasteiger partial charge is 0.451 e. The van der Waals surface area contributed by atoms with Gasteiger partial charge in [-0.05, 0) is 55.3 Å². The first-order valence-corrected chi connectivity index (χ1v) is 10.7. The summed E-state index contributed by atoms with van der Waals surface area (Å²) in [5, 5.41) is 2.63. The minimum Gasteiger partial charge on any atom is -0.451 e. The average Bonchev–Trinajstić information content (AvgIpc) is 3.41. The van der Waals surface area contributed by atoms with Crippen LogP contribution < -0.4 is 5.32 Å². The molecule has 4 rings (SSSR count). The van der Waals surface area contributed by atoms with Crippen LogP contribution in [0.25, 0.3) is 11.3 Å². The number of halogens is 1. The van der Waals surface area contributed by atoms with Crippen molar-refractivity contribution in [1.82, 2.24) is 4.31 Å². The van der Waals surface area contributed by atoms with Crippen LogP contribution in [0.15, 0.2) is 70.0 Å². The maximum atomic E-state index is 13.9. The van der Waals surface area contributed by atoms with Crippen molar-refractivity contribution >= 4 is 21.6 Å². The summed E-state index contributed by atoms with van der Waals surface area (Å²) in [5.41, 5.74) is 0.587. The summed E-state index contributed by atoms with van der Waals surface area (Å²) in [6, 6.07) is 15.2. The fraction of sp³-hybridized carbons (Fsp3) is 0.190. The zero-order valence-electron chi connectivity index (χ0n) is 15.5. The Hall–Kier alpha value is -2.97. The van der Waals surface area contributed by atoms with Gasteiger partial charge in [0.1, 0.15) is 11.6 Å². The maximum Gasteiger partial charge on any atom is 0.291 e. The lowest BCUT2D eigenvalue weighted by atomic mass is 10.1. The van der Waals surface area contributed by atoms with Crippen LogP contribution in [0.1, 0.15) is 23.4 Å². The lowest BCUT2D eigenvalue weighted by Crippen LogP contribution is -2.27. The van der Waals surface area contributed by atoms with Gasteiger partial charge in [0.05, 0.1) is 10.5 Å².